The fourth-order valence-corrected chi connectivity index (χ4v) is 1.81. The summed E-state index contributed by atoms with van der Waals surface area (Å²) in [4.78, 5) is 3.97. The molecule has 1 aromatic heterocycles. The van der Waals surface area contributed by atoms with Crippen molar-refractivity contribution in [2.75, 3.05) is 0 Å². The van der Waals surface area contributed by atoms with Crippen LogP contribution in [0.2, 0.25) is 5.02 Å². The van der Waals surface area contributed by atoms with Crippen molar-refractivity contribution in [1.82, 2.24) is 9.55 Å². The van der Waals surface area contributed by atoms with Gasteiger partial charge in [-0.15, -0.1) is 0 Å². The van der Waals surface area contributed by atoms with E-state index in [1.807, 2.05) is 7.05 Å². The maximum absolute atomic E-state index is 13.1. The minimum absolute atomic E-state index is 0.350. The van der Waals surface area contributed by atoms with E-state index in [1.54, 1.807) is 17.1 Å². The van der Waals surface area contributed by atoms with Crippen molar-refractivity contribution in [2.24, 2.45) is 12.8 Å². The second kappa shape index (κ2) is 4.23. The summed E-state index contributed by atoms with van der Waals surface area (Å²) in [6.07, 6.45) is 3.29. The van der Waals surface area contributed by atoms with E-state index in [1.165, 1.54) is 18.2 Å². The Morgan fingerprint density at radius 2 is 2.25 bits per heavy atom. The predicted molar refractivity (Wildman–Crippen MR) is 60.6 cm³/mol. The summed E-state index contributed by atoms with van der Waals surface area (Å²) in [6.45, 7) is 0. The van der Waals surface area contributed by atoms with Gasteiger partial charge in [-0.3, -0.25) is 0 Å². The van der Waals surface area contributed by atoms with Gasteiger partial charge in [0.25, 0.3) is 0 Å². The highest BCUT2D eigenvalue weighted by molar-refractivity contribution is 6.31. The first kappa shape index (κ1) is 11.1. The summed E-state index contributed by atoms with van der Waals surface area (Å²) >= 11 is 5.98. The van der Waals surface area contributed by atoms with Crippen LogP contribution in [-0.2, 0) is 7.05 Å². The molecule has 0 bridgehead atoms. The molecule has 0 amide bonds. The molecular formula is C11H11ClFN3. The lowest BCUT2D eigenvalue weighted by Crippen LogP contribution is -2.15. The number of hydrogen-bond acceptors (Lipinski definition) is 2. The van der Waals surface area contributed by atoms with Crippen molar-refractivity contribution in [3.05, 3.63) is 52.8 Å². The molecule has 5 heteroatoms. The molecule has 0 spiro atoms. The van der Waals surface area contributed by atoms with Crippen LogP contribution >= 0.6 is 11.6 Å². The van der Waals surface area contributed by atoms with Gasteiger partial charge in [-0.05, 0) is 23.8 Å². The Morgan fingerprint density at radius 3 is 2.88 bits per heavy atom. The zero-order valence-corrected chi connectivity index (χ0v) is 9.45. The molecule has 0 saturated carbocycles. The molecule has 0 saturated heterocycles. The average molecular weight is 240 g/mol. The van der Waals surface area contributed by atoms with Gasteiger partial charge in [0.05, 0.1) is 24.3 Å². The Morgan fingerprint density at radius 1 is 1.50 bits per heavy atom. The molecule has 0 aliphatic heterocycles. The summed E-state index contributed by atoms with van der Waals surface area (Å²) in [5.74, 6) is -0.350. The number of rotatable bonds is 2. The van der Waals surface area contributed by atoms with Gasteiger partial charge < -0.3 is 10.3 Å². The Labute approximate surface area is 97.7 Å². The van der Waals surface area contributed by atoms with Crippen LogP contribution in [0.3, 0.4) is 0 Å². The summed E-state index contributed by atoms with van der Waals surface area (Å²) < 4.78 is 14.9. The first-order valence-electron chi connectivity index (χ1n) is 4.76. The van der Waals surface area contributed by atoms with E-state index in [-0.39, 0.29) is 5.82 Å². The molecule has 2 N–H and O–H groups in total. The maximum Gasteiger partial charge on any atom is 0.123 e. The van der Waals surface area contributed by atoms with E-state index in [4.69, 9.17) is 17.3 Å². The van der Waals surface area contributed by atoms with Crippen LogP contribution in [0.5, 0.6) is 0 Å². The highest BCUT2D eigenvalue weighted by atomic mass is 35.5. The van der Waals surface area contributed by atoms with Crippen LogP contribution in [0, 0.1) is 5.82 Å². The zero-order chi connectivity index (χ0) is 11.7. The molecule has 1 atom stereocenters. The van der Waals surface area contributed by atoms with Gasteiger partial charge in [0, 0.05) is 12.1 Å². The summed E-state index contributed by atoms with van der Waals surface area (Å²) in [6, 6.07) is 3.68. The topological polar surface area (TPSA) is 43.8 Å². The molecule has 0 fully saturated rings. The SMILES string of the molecule is Cn1cncc1C(N)c1cc(F)ccc1Cl. The van der Waals surface area contributed by atoms with Gasteiger partial charge in [-0.25, -0.2) is 9.37 Å². The fraction of sp³-hybridized carbons (Fsp3) is 0.182. The smallest absolute Gasteiger partial charge is 0.123 e. The fourth-order valence-electron chi connectivity index (χ4n) is 1.58. The quantitative estimate of drug-likeness (QED) is 0.874. The Kier molecular flexibility index (Phi) is 2.94. The van der Waals surface area contributed by atoms with Crippen LogP contribution in [0.4, 0.5) is 4.39 Å². The van der Waals surface area contributed by atoms with Crippen LogP contribution in [0.15, 0.2) is 30.7 Å². The second-order valence-corrected chi connectivity index (χ2v) is 3.98. The number of benzene rings is 1. The molecule has 1 heterocycles. The molecule has 16 heavy (non-hydrogen) atoms. The van der Waals surface area contributed by atoms with E-state index in [0.717, 1.165) is 5.69 Å². The lowest BCUT2D eigenvalue weighted by molar-refractivity contribution is 0.622. The van der Waals surface area contributed by atoms with Crippen molar-refractivity contribution >= 4 is 11.6 Å². The molecule has 2 rings (SSSR count). The summed E-state index contributed by atoms with van der Waals surface area (Å²) in [7, 11) is 1.83. The molecule has 0 radical (unpaired) electrons. The van der Waals surface area contributed by atoms with Crippen molar-refractivity contribution in [3.8, 4) is 0 Å². The standard InChI is InChI=1S/C11H11ClFN3/c1-16-6-15-5-10(16)11(14)8-4-7(13)2-3-9(8)12/h2-6,11H,14H2,1H3. The number of imidazole rings is 1. The average Bonchev–Trinajstić information content (AvgIpc) is 2.67. The van der Waals surface area contributed by atoms with Gasteiger partial charge in [0.2, 0.25) is 0 Å². The highest BCUT2D eigenvalue weighted by Crippen LogP contribution is 2.26. The van der Waals surface area contributed by atoms with Gasteiger partial charge in [0.15, 0.2) is 0 Å². The van der Waals surface area contributed by atoms with E-state index in [2.05, 4.69) is 4.98 Å². The van der Waals surface area contributed by atoms with E-state index < -0.39 is 6.04 Å². The van der Waals surface area contributed by atoms with Gasteiger partial charge in [0.1, 0.15) is 5.82 Å². The number of nitrogens with zero attached hydrogens (tertiary/aromatic N) is 2. The van der Waals surface area contributed by atoms with E-state index >= 15 is 0 Å². The monoisotopic (exact) mass is 239 g/mol. The lowest BCUT2D eigenvalue weighted by atomic mass is 10.0. The van der Waals surface area contributed by atoms with Gasteiger partial charge in [-0.1, -0.05) is 11.6 Å². The summed E-state index contributed by atoms with van der Waals surface area (Å²) in [5.41, 5.74) is 7.36. The maximum atomic E-state index is 13.1. The number of aromatic nitrogens is 2. The highest BCUT2D eigenvalue weighted by Gasteiger charge is 2.16. The number of nitrogens with two attached hydrogens (primary N) is 1. The molecule has 84 valence electrons. The molecule has 0 aliphatic carbocycles. The molecule has 2 aromatic rings. The van der Waals surface area contributed by atoms with Crippen molar-refractivity contribution in [1.29, 1.82) is 0 Å². The number of aryl methyl sites for hydroxylation is 1. The van der Waals surface area contributed by atoms with Crippen molar-refractivity contribution in [2.45, 2.75) is 6.04 Å². The molecule has 1 aromatic carbocycles. The summed E-state index contributed by atoms with van der Waals surface area (Å²) in [5, 5.41) is 0.454. The Hall–Kier alpha value is -1.39. The predicted octanol–water partition coefficient (Wildman–Crippen LogP) is 2.26. The first-order valence-corrected chi connectivity index (χ1v) is 5.14. The lowest BCUT2D eigenvalue weighted by Gasteiger charge is -2.14. The van der Waals surface area contributed by atoms with Crippen LogP contribution in [0.1, 0.15) is 17.3 Å². The van der Waals surface area contributed by atoms with Crippen LogP contribution in [0.25, 0.3) is 0 Å². The minimum atomic E-state index is -0.476. The molecular weight excluding hydrogens is 229 g/mol. The van der Waals surface area contributed by atoms with E-state index in [9.17, 15) is 4.39 Å². The van der Waals surface area contributed by atoms with Gasteiger partial charge >= 0.3 is 0 Å². The normalized spacial score (nSPS) is 12.8. The molecule has 3 nitrogen and oxygen atoms in total. The first-order chi connectivity index (χ1) is 7.59. The van der Waals surface area contributed by atoms with Crippen molar-refractivity contribution in [3.63, 3.8) is 0 Å². The van der Waals surface area contributed by atoms with Crippen LogP contribution in [-0.4, -0.2) is 9.55 Å². The Bertz CT molecular complexity index is 510. The molecule has 1 unspecified atom stereocenters. The zero-order valence-electron chi connectivity index (χ0n) is 8.69. The third-order valence-electron chi connectivity index (χ3n) is 2.47. The third kappa shape index (κ3) is 1.94. The second-order valence-electron chi connectivity index (χ2n) is 3.57. The number of halogens is 2. The minimum Gasteiger partial charge on any atom is -0.336 e. The van der Waals surface area contributed by atoms with Crippen LogP contribution < -0.4 is 5.73 Å². The van der Waals surface area contributed by atoms with E-state index in [0.29, 0.717) is 10.6 Å². The van der Waals surface area contributed by atoms with Crippen molar-refractivity contribution < 1.29 is 4.39 Å². The molecule has 0 aliphatic rings. The Balaban J connectivity index is 2.45. The van der Waals surface area contributed by atoms with Gasteiger partial charge in [-0.2, -0.15) is 0 Å². The number of hydrogen-bond donors (Lipinski definition) is 1. The third-order valence-corrected chi connectivity index (χ3v) is 2.81. The largest absolute Gasteiger partial charge is 0.336 e.